The molecule has 35 heavy (non-hydrogen) atoms. The summed E-state index contributed by atoms with van der Waals surface area (Å²) in [5.74, 6) is 1.13. The number of primary amides is 1. The second-order valence-electron chi connectivity index (χ2n) is 9.43. The number of pyridine rings is 1. The lowest BCUT2D eigenvalue weighted by Crippen LogP contribution is -2.41. The molecule has 3 aromatic rings. The number of nitro benzene ring substituents is 1. The Morgan fingerprint density at radius 1 is 1.11 bits per heavy atom. The second-order valence-corrected chi connectivity index (χ2v) is 9.43. The molecule has 4 rings (SSSR count). The van der Waals surface area contributed by atoms with Gasteiger partial charge in [0.05, 0.1) is 21.7 Å². The Hall–Kier alpha value is -3.88. The molecule has 2 amide bonds. The van der Waals surface area contributed by atoms with Gasteiger partial charge < -0.3 is 16.0 Å². The van der Waals surface area contributed by atoms with Crippen molar-refractivity contribution in [1.82, 2.24) is 4.98 Å². The summed E-state index contributed by atoms with van der Waals surface area (Å²) in [5.41, 5.74) is 8.71. The van der Waals surface area contributed by atoms with Crippen LogP contribution in [0.25, 0.3) is 10.9 Å². The standard InChI is InChI=1S/C26H32N6O3/c1-17-22(9-6-10-23(17)32(34)35)31(26(27)33)16-18-11-13-19(14-12-18)28-25-15-24(30(2)3)20-7-4-5-8-21(20)29-25/h4-10,15,18-19H,11-14,16H2,1-3H3,(H2,27,33)(H,28,29). The molecule has 184 valence electrons. The Balaban J connectivity index is 1.43. The van der Waals surface area contributed by atoms with Crippen molar-refractivity contribution in [2.45, 2.75) is 38.6 Å². The molecule has 2 aromatic carbocycles. The number of nitrogens with zero attached hydrogens (tertiary/aromatic N) is 4. The number of hydrogen-bond donors (Lipinski definition) is 2. The van der Waals surface area contributed by atoms with Gasteiger partial charge in [-0.3, -0.25) is 15.0 Å². The first-order chi connectivity index (χ1) is 16.7. The zero-order valence-corrected chi connectivity index (χ0v) is 20.4. The molecule has 0 aliphatic heterocycles. The number of rotatable bonds is 7. The van der Waals surface area contributed by atoms with Crippen LogP contribution < -0.4 is 20.9 Å². The highest BCUT2D eigenvalue weighted by atomic mass is 16.6. The van der Waals surface area contributed by atoms with E-state index in [1.165, 1.54) is 11.0 Å². The van der Waals surface area contributed by atoms with Crippen LogP contribution >= 0.6 is 0 Å². The molecule has 1 fully saturated rings. The van der Waals surface area contributed by atoms with Gasteiger partial charge in [0.15, 0.2) is 0 Å². The van der Waals surface area contributed by atoms with Gasteiger partial charge in [0.2, 0.25) is 0 Å². The van der Waals surface area contributed by atoms with Crippen LogP contribution in [0.15, 0.2) is 48.5 Å². The zero-order valence-electron chi connectivity index (χ0n) is 20.4. The number of nitrogens with two attached hydrogens (primary N) is 1. The van der Waals surface area contributed by atoms with Crippen molar-refractivity contribution in [2.24, 2.45) is 11.7 Å². The number of para-hydroxylation sites is 1. The van der Waals surface area contributed by atoms with E-state index in [2.05, 4.69) is 22.3 Å². The van der Waals surface area contributed by atoms with E-state index in [0.717, 1.165) is 48.1 Å². The van der Waals surface area contributed by atoms with E-state index in [9.17, 15) is 14.9 Å². The second kappa shape index (κ2) is 10.2. The van der Waals surface area contributed by atoms with Gasteiger partial charge in [0, 0.05) is 49.9 Å². The SMILES string of the molecule is Cc1c(N(CC2CCC(Nc3cc(N(C)C)c4ccccc4n3)CC2)C(N)=O)cccc1[N+](=O)[O-]. The molecule has 0 atom stereocenters. The van der Waals surface area contributed by atoms with Crippen LogP contribution in [-0.2, 0) is 0 Å². The number of amides is 2. The first kappa shape index (κ1) is 24.3. The first-order valence-corrected chi connectivity index (χ1v) is 11.9. The normalized spacial score (nSPS) is 17.7. The molecule has 0 bridgehead atoms. The van der Waals surface area contributed by atoms with Crippen molar-refractivity contribution < 1.29 is 9.72 Å². The van der Waals surface area contributed by atoms with E-state index in [-0.39, 0.29) is 17.6 Å². The number of benzene rings is 2. The minimum Gasteiger partial charge on any atom is -0.377 e. The maximum absolute atomic E-state index is 12.3. The third-order valence-electron chi connectivity index (χ3n) is 6.85. The summed E-state index contributed by atoms with van der Waals surface area (Å²) in [4.78, 5) is 31.5. The minimum absolute atomic E-state index is 0.0124. The lowest BCUT2D eigenvalue weighted by molar-refractivity contribution is -0.385. The monoisotopic (exact) mass is 476 g/mol. The van der Waals surface area contributed by atoms with Crippen molar-refractivity contribution in [1.29, 1.82) is 0 Å². The first-order valence-electron chi connectivity index (χ1n) is 11.9. The fourth-order valence-electron chi connectivity index (χ4n) is 4.97. The van der Waals surface area contributed by atoms with Crippen LogP contribution in [0, 0.1) is 23.0 Å². The number of anilines is 3. The molecule has 1 aromatic heterocycles. The van der Waals surface area contributed by atoms with E-state index < -0.39 is 11.0 Å². The summed E-state index contributed by atoms with van der Waals surface area (Å²) in [5, 5.41) is 16.1. The van der Waals surface area contributed by atoms with Crippen molar-refractivity contribution in [2.75, 3.05) is 35.8 Å². The van der Waals surface area contributed by atoms with Crippen LogP contribution in [-0.4, -0.2) is 42.6 Å². The molecule has 1 aliphatic carbocycles. The molecule has 1 saturated carbocycles. The lowest BCUT2D eigenvalue weighted by atomic mass is 9.85. The number of fused-ring (bicyclic) bond motifs is 1. The van der Waals surface area contributed by atoms with Crippen molar-refractivity contribution in [3.05, 3.63) is 64.2 Å². The van der Waals surface area contributed by atoms with Gasteiger partial charge >= 0.3 is 6.03 Å². The number of urea groups is 1. The Kier molecular flexibility index (Phi) is 7.04. The number of aromatic nitrogens is 1. The number of nitrogens with one attached hydrogen (secondary N) is 1. The highest BCUT2D eigenvalue weighted by Crippen LogP contribution is 2.33. The maximum Gasteiger partial charge on any atom is 0.319 e. The zero-order chi connectivity index (χ0) is 25.1. The van der Waals surface area contributed by atoms with Crippen LogP contribution in [0.4, 0.5) is 27.7 Å². The quantitative estimate of drug-likeness (QED) is 0.363. The van der Waals surface area contributed by atoms with E-state index in [1.807, 2.05) is 32.3 Å². The Labute approximate surface area is 205 Å². The summed E-state index contributed by atoms with van der Waals surface area (Å²) in [6.45, 7) is 2.10. The predicted octanol–water partition coefficient (Wildman–Crippen LogP) is 5.07. The van der Waals surface area contributed by atoms with Crippen molar-refractivity contribution in [3.63, 3.8) is 0 Å². The van der Waals surface area contributed by atoms with Gasteiger partial charge in [0.1, 0.15) is 5.82 Å². The molecule has 9 nitrogen and oxygen atoms in total. The Bertz CT molecular complexity index is 1240. The highest BCUT2D eigenvalue weighted by molar-refractivity contribution is 5.93. The molecule has 0 spiro atoms. The van der Waals surface area contributed by atoms with Gasteiger partial charge in [-0.05, 0) is 50.7 Å². The Morgan fingerprint density at radius 3 is 2.49 bits per heavy atom. The van der Waals surface area contributed by atoms with E-state index in [0.29, 0.717) is 17.8 Å². The maximum atomic E-state index is 12.3. The molecular formula is C26H32N6O3. The van der Waals surface area contributed by atoms with Gasteiger partial charge in [-0.2, -0.15) is 0 Å². The lowest BCUT2D eigenvalue weighted by Gasteiger charge is -2.33. The Morgan fingerprint density at radius 2 is 1.83 bits per heavy atom. The smallest absolute Gasteiger partial charge is 0.319 e. The fraction of sp³-hybridized carbons (Fsp3) is 0.385. The third kappa shape index (κ3) is 5.29. The summed E-state index contributed by atoms with van der Waals surface area (Å²) in [6, 6.07) is 14.7. The summed E-state index contributed by atoms with van der Waals surface area (Å²) < 4.78 is 0. The molecule has 1 aliphatic rings. The van der Waals surface area contributed by atoms with E-state index in [1.54, 1.807) is 19.1 Å². The van der Waals surface area contributed by atoms with Crippen LogP contribution in [0.1, 0.15) is 31.2 Å². The van der Waals surface area contributed by atoms with E-state index in [4.69, 9.17) is 10.7 Å². The van der Waals surface area contributed by atoms with Crippen molar-refractivity contribution in [3.8, 4) is 0 Å². The summed E-state index contributed by atoms with van der Waals surface area (Å²) >= 11 is 0. The third-order valence-corrected chi connectivity index (χ3v) is 6.85. The molecule has 0 saturated heterocycles. The van der Waals surface area contributed by atoms with Gasteiger partial charge in [-0.1, -0.05) is 24.3 Å². The number of carbonyl (C=O) groups excluding carboxylic acids is 1. The fourth-order valence-corrected chi connectivity index (χ4v) is 4.97. The van der Waals surface area contributed by atoms with Crippen LogP contribution in [0.2, 0.25) is 0 Å². The average Bonchev–Trinajstić information content (AvgIpc) is 2.83. The molecule has 3 N–H and O–H groups in total. The highest BCUT2D eigenvalue weighted by Gasteiger charge is 2.27. The molecule has 0 radical (unpaired) electrons. The van der Waals surface area contributed by atoms with Crippen LogP contribution in [0.5, 0.6) is 0 Å². The van der Waals surface area contributed by atoms with E-state index >= 15 is 0 Å². The topological polar surface area (TPSA) is 118 Å². The summed E-state index contributed by atoms with van der Waals surface area (Å²) in [7, 11) is 4.06. The number of carbonyl (C=O) groups is 1. The van der Waals surface area contributed by atoms with Crippen LogP contribution in [0.3, 0.4) is 0 Å². The molecular weight excluding hydrogens is 444 g/mol. The molecule has 1 heterocycles. The predicted molar refractivity (Wildman–Crippen MR) is 140 cm³/mol. The average molecular weight is 477 g/mol. The van der Waals surface area contributed by atoms with Crippen molar-refractivity contribution >= 4 is 39.8 Å². The number of hydrogen-bond acceptors (Lipinski definition) is 6. The molecule has 0 unspecified atom stereocenters. The number of nitro groups is 1. The molecule has 9 heteroatoms. The van der Waals surface area contributed by atoms with Gasteiger partial charge in [0.25, 0.3) is 5.69 Å². The van der Waals surface area contributed by atoms with Gasteiger partial charge in [-0.25, -0.2) is 9.78 Å². The van der Waals surface area contributed by atoms with Gasteiger partial charge in [-0.15, -0.1) is 0 Å². The summed E-state index contributed by atoms with van der Waals surface area (Å²) in [6.07, 6.45) is 3.72. The minimum atomic E-state index is -0.592. The largest absolute Gasteiger partial charge is 0.377 e.